The summed E-state index contributed by atoms with van der Waals surface area (Å²) in [6.07, 6.45) is -2.81. The average molecular weight is 511 g/mol. The number of hydrogen-bond donors (Lipinski definition) is 4. The van der Waals surface area contributed by atoms with Crippen LogP contribution in [0.2, 0.25) is 0 Å². The second-order valence-corrected chi connectivity index (χ2v) is 8.54. The van der Waals surface area contributed by atoms with Crippen LogP contribution in [0.3, 0.4) is 0 Å². The number of nitrogens with one attached hydrogen (secondary N) is 2. The Morgan fingerprint density at radius 1 is 1.03 bits per heavy atom. The van der Waals surface area contributed by atoms with E-state index in [0.29, 0.717) is 37.0 Å². The average Bonchev–Trinajstić information content (AvgIpc) is 3.48. The molecular weight excluding hydrogens is 486 g/mol. The van der Waals surface area contributed by atoms with Crippen LogP contribution in [-0.2, 0) is 22.7 Å². The molecule has 2 atom stereocenters. The van der Waals surface area contributed by atoms with Gasteiger partial charge in [-0.3, -0.25) is 14.8 Å². The third kappa shape index (κ3) is 7.25. The van der Waals surface area contributed by atoms with Crippen molar-refractivity contribution >= 4 is 17.8 Å². The molecule has 1 fully saturated rings. The van der Waals surface area contributed by atoms with Crippen molar-refractivity contribution in [2.24, 2.45) is 0 Å². The van der Waals surface area contributed by atoms with E-state index in [4.69, 9.17) is 15.1 Å². The van der Waals surface area contributed by atoms with Gasteiger partial charge in [0.25, 0.3) is 5.91 Å². The molecule has 0 bridgehead atoms. The molecule has 1 saturated carbocycles. The van der Waals surface area contributed by atoms with Crippen molar-refractivity contribution < 1.29 is 42.3 Å². The molecule has 0 spiro atoms. The quantitative estimate of drug-likeness (QED) is 0.196. The molecule has 0 radical (unpaired) electrons. The highest BCUT2D eigenvalue weighted by Crippen LogP contribution is 2.40. The topological polar surface area (TPSA) is 119 Å². The number of benzene rings is 2. The van der Waals surface area contributed by atoms with E-state index in [1.54, 1.807) is 22.5 Å². The lowest BCUT2D eigenvalue weighted by atomic mass is 10.1. The Balaban J connectivity index is 0.000000454. The molecule has 4 rings (SSSR count). The van der Waals surface area contributed by atoms with E-state index in [2.05, 4.69) is 5.32 Å². The van der Waals surface area contributed by atoms with Gasteiger partial charge in [0.15, 0.2) is 0 Å². The predicted molar refractivity (Wildman–Crippen MR) is 118 cm³/mol. The van der Waals surface area contributed by atoms with Gasteiger partial charge in [0.2, 0.25) is 5.91 Å². The van der Waals surface area contributed by atoms with Crippen LogP contribution >= 0.6 is 0 Å². The number of fused-ring (bicyclic) bond motifs is 1. The summed E-state index contributed by atoms with van der Waals surface area (Å²) in [6, 6.07) is 12.3. The highest BCUT2D eigenvalue weighted by atomic mass is 19.4. The first kappa shape index (κ1) is 27.1. The smallest absolute Gasteiger partial charge is 0.475 e. The number of carboxylic acids is 1. The number of amides is 2. The van der Waals surface area contributed by atoms with Gasteiger partial charge in [-0.2, -0.15) is 13.2 Å². The number of nitrogens with zero attached hydrogens (tertiary/aromatic N) is 1. The minimum Gasteiger partial charge on any atom is -0.475 e. The van der Waals surface area contributed by atoms with Crippen molar-refractivity contribution in [3.05, 3.63) is 70.5 Å². The summed E-state index contributed by atoms with van der Waals surface area (Å²) < 4.78 is 44.7. The predicted octanol–water partition coefficient (Wildman–Crippen LogP) is 3.35. The highest BCUT2D eigenvalue weighted by Gasteiger charge is 2.38. The molecule has 2 unspecified atom stereocenters. The molecule has 2 aromatic rings. The lowest BCUT2D eigenvalue weighted by molar-refractivity contribution is -0.192. The maximum absolute atomic E-state index is 13.0. The minimum absolute atomic E-state index is 0.0991. The Hall–Kier alpha value is -3.51. The van der Waals surface area contributed by atoms with Gasteiger partial charge in [-0.05, 0) is 60.3 Å². The summed E-state index contributed by atoms with van der Waals surface area (Å²) in [6.45, 7) is 1.82. The molecule has 0 saturated heterocycles. The lowest BCUT2D eigenvalue weighted by Crippen LogP contribution is -2.27. The van der Waals surface area contributed by atoms with Gasteiger partial charge in [-0.1, -0.05) is 18.2 Å². The fourth-order valence-corrected chi connectivity index (χ4v) is 3.96. The molecule has 8 nitrogen and oxygen atoms in total. The second-order valence-electron chi connectivity index (χ2n) is 8.54. The van der Waals surface area contributed by atoms with Gasteiger partial charge in [-0.15, -0.1) is 0 Å². The standard InChI is InChI=1S/C22H24FN3O3.C2HF3O2/c23-18-7-5-14(6-8-18)19-11-20(19)24-9-1-2-21(27)26-12-16-4-3-15(22(28)25-29)10-17(16)13-26;3-2(4,5)1(6)7/h3-8,10,19-20,24,29H,1-2,9,11-13H2,(H,25,28);(H,6,7). The number of alkyl halides is 3. The fraction of sp³-hybridized carbons (Fsp3) is 0.375. The number of carboxylic acid groups (broad SMARTS) is 1. The Bertz CT molecular complexity index is 1110. The van der Waals surface area contributed by atoms with Crippen LogP contribution in [0, 0.1) is 5.82 Å². The fourth-order valence-electron chi connectivity index (χ4n) is 3.96. The van der Waals surface area contributed by atoms with E-state index in [1.165, 1.54) is 12.1 Å². The maximum Gasteiger partial charge on any atom is 0.490 e. The summed E-state index contributed by atoms with van der Waals surface area (Å²) in [5.74, 6) is -2.99. The van der Waals surface area contributed by atoms with Gasteiger partial charge in [-0.25, -0.2) is 14.7 Å². The van der Waals surface area contributed by atoms with Crippen LogP contribution in [0.15, 0.2) is 42.5 Å². The molecule has 194 valence electrons. The van der Waals surface area contributed by atoms with Gasteiger partial charge < -0.3 is 15.3 Å². The van der Waals surface area contributed by atoms with Crippen molar-refractivity contribution in [2.45, 2.75) is 50.5 Å². The normalized spacial score (nSPS) is 18.1. The Morgan fingerprint density at radius 2 is 1.67 bits per heavy atom. The van der Waals surface area contributed by atoms with E-state index in [0.717, 1.165) is 36.1 Å². The van der Waals surface area contributed by atoms with Crippen molar-refractivity contribution in [1.82, 2.24) is 15.7 Å². The van der Waals surface area contributed by atoms with Crippen LogP contribution in [0.1, 0.15) is 52.2 Å². The summed E-state index contributed by atoms with van der Waals surface area (Å²) in [5, 5.41) is 19.3. The Labute approximate surface area is 203 Å². The van der Waals surface area contributed by atoms with Crippen molar-refractivity contribution in [3.63, 3.8) is 0 Å². The van der Waals surface area contributed by atoms with Crippen molar-refractivity contribution in [3.8, 4) is 0 Å². The molecule has 4 N–H and O–H groups in total. The van der Waals surface area contributed by atoms with E-state index < -0.39 is 18.1 Å². The second kappa shape index (κ2) is 11.5. The molecule has 2 aliphatic rings. The van der Waals surface area contributed by atoms with Crippen molar-refractivity contribution in [2.75, 3.05) is 6.54 Å². The molecule has 36 heavy (non-hydrogen) atoms. The monoisotopic (exact) mass is 511 g/mol. The maximum atomic E-state index is 13.0. The number of halogens is 4. The zero-order chi connectivity index (χ0) is 26.5. The van der Waals surface area contributed by atoms with E-state index in [-0.39, 0.29) is 11.7 Å². The number of aliphatic carboxylic acids is 1. The van der Waals surface area contributed by atoms with Crippen LogP contribution in [0.4, 0.5) is 17.6 Å². The summed E-state index contributed by atoms with van der Waals surface area (Å²) in [5.41, 5.74) is 5.14. The van der Waals surface area contributed by atoms with E-state index in [9.17, 15) is 27.2 Å². The Morgan fingerprint density at radius 3 is 2.28 bits per heavy atom. The third-order valence-corrected chi connectivity index (χ3v) is 5.95. The number of rotatable bonds is 7. The molecule has 1 aliphatic heterocycles. The minimum atomic E-state index is -5.08. The van der Waals surface area contributed by atoms with Crippen LogP contribution in [0.5, 0.6) is 0 Å². The molecule has 1 aliphatic carbocycles. The SMILES string of the molecule is O=C(NO)c1ccc2c(c1)CN(C(=O)CCCNC1CC1c1ccc(F)cc1)C2.O=C(O)C(F)(F)F. The van der Waals surface area contributed by atoms with Gasteiger partial charge in [0.05, 0.1) is 0 Å². The first-order valence-corrected chi connectivity index (χ1v) is 11.1. The zero-order valence-electron chi connectivity index (χ0n) is 19.0. The van der Waals surface area contributed by atoms with Gasteiger partial charge >= 0.3 is 12.1 Å². The number of hydroxylamine groups is 1. The molecule has 12 heteroatoms. The molecule has 2 amide bonds. The summed E-state index contributed by atoms with van der Waals surface area (Å²) >= 11 is 0. The summed E-state index contributed by atoms with van der Waals surface area (Å²) in [4.78, 5) is 34.7. The van der Waals surface area contributed by atoms with E-state index in [1.807, 2.05) is 18.2 Å². The van der Waals surface area contributed by atoms with Gasteiger partial charge in [0.1, 0.15) is 5.82 Å². The van der Waals surface area contributed by atoms with Crippen LogP contribution in [-0.4, -0.2) is 51.8 Å². The van der Waals surface area contributed by atoms with Crippen LogP contribution < -0.4 is 10.8 Å². The van der Waals surface area contributed by atoms with Crippen molar-refractivity contribution in [1.29, 1.82) is 0 Å². The summed E-state index contributed by atoms with van der Waals surface area (Å²) in [7, 11) is 0. The van der Waals surface area contributed by atoms with Gasteiger partial charge in [0, 0.05) is 37.0 Å². The third-order valence-electron chi connectivity index (χ3n) is 5.95. The lowest BCUT2D eigenvalue weighted by Gasteiger charge is -2.15. The number of carbonyl (C=O) groups is 3. The first-order chi connectivity index (χ1) is 17.0. The molecule has 0 aromatic heterocycles. The highest BCUT2D eigenvalue weighted by molar-refractivity contribution is 5.93. The molecule has 1 heterocycles. The molecular formula is C24H25F4N3O5. The number of carbonyl (C=O) groups excluding carboxylic acids is 2. The first-order valence-electron chi connectivity index (χ1n) is 11.1. The van der Waals surface area contributed by atoms with E-state index >= 15 is 0 Å². The zero-order valence-corrected chi connectivity index (χ0v) is 19.0. The Kier molecular flexibility index (Phi) is 8.64. The number of hydrogen-bond acceptors (Lipinski definition) is 5. The van der Waals surface area contributed by atoms with Crippen LogP contribution in [0.25, 0.3) is 0 Å². The molecule has 2 aromatic carbocycles. The largest absolute Gasteiger partial charge is 0.490 e.